The third-order valence-electron chi connectivity index (χ3n) is 6.54. The van der Waals surface area contributed by atoms with Crippen molar-refractivity contribution in [3.8, 4) is 5.75 Å². The standard InChI is InChI=1S/C26H26N4O2/c31-24-13-5-4-12-21(24)23-17-22(19-9-8-16-27-18-19)29-30(23)25(32)28-26(14-6-7-15-26)20-10-2-1-3-11-20/h1-5,8-13,16,18,23,31H,6-7,14-15,17H2,(H,28,32). The smallest absolute Gasteiger partial charge is 0.339 e. The highest BCUT2D eigenvalue weighted by atomic mass is 16.3. The Morgan fingerprint density at radius 1 is 1.00 bits per heavy atom. The molecule has 2 N–H and O–H groups in total. The molecule has 2 heterocycles. The van der Waals surface area contributed by atoms with Crippen LogP contribution in [-0.4, -0.2) is 26.8 Å². The quantitative estimate of drug-likeness (QED) is 0.608. The fourth-order valence-corrected chi connectivity index (χ4v) is 4.90. The Labute approximate surface area is 187 Å². The summed E-state index contributed by atoms with van der Waals surface area (Å²) in [5.74, 6) is 0.163. The van der Waals surface area contributed by atoms with Gasteiger partial charge in [0.05, 0.1) is 17.3 Å². The van der Waals surface area contributed by atoms with Gasteiger partial charge in [-0.05, 0) is 30.5 Å². The van der Waals surface area contributed by atoms with E-state index in [9.17, 15) is 9.90 Å². The minimum absolute atomic E-state index is 0.163. The van der Waals surface area contributed by atoms with Gasteiger partial charge in [0, 0.05) is 29.9 Å². The number of phenols is 1. The van der Waals surface area contributed by atoms with Gasteiger partial charge >= 0.3 is 6.03 Å². The summed E-state index contributed by atoms with van der Waals surface area (Å²) in [5, 5.41) is 20.1. The number of urea groups is 1. The highest BCUT2D eigenvalue weighted by molar-refractivity contribution is 6.03. The van der Waals surface area contributed by atoms with Gasteiger partial charge in [0.2, 0.25) is 0 Å². The van der Waals surface area contributed by atoms with Crippen LogP contribution in [-0.2, 0) is 5.54 Å². The number of rotatable bonds is 4. The second kappa shape index (κ2) is 8.46. The van der Waals surface area contributed by atoms with Gasteiger partial charge < -0.3 is 10.4 Å². The number of benzene rings is 2. The number of aromatic hydroxyl groups is 1. The molecule has 0 spiro atoms. The topological polar surface area (TPSA) is 77.8 Å². The lowest BCUT2D eigenvalue weighted by atomic mass is 9.88. The van der Waals surface area contributed by atoms with Gasteiger partial charge in [-0.3, -0.25) is 4.98 Å². The molecule has 1 aliphatic heterocycles. The summed E-state index contributed by atoms with van der Waals surface area (Å²) in [7, 11) is 0. The maximum absolute atomic E-state index is 13.7. The Hall–Kier alpha value is -3.67. The number of hydrazone groups is 1. The number of pyridine rings is 1. The number of carbonyl (C=O) groups is 1. The van der Waals surface area contributed by atoms with Crippen LogP contribution in [0.3, 0.4) is 0 Å². The molecular weight excluding hydrogens is 400 g/mol. The molecule has 0 radical (unpaired) electrons. The van der Waals surface area contributed by atoms with E-state index in [0.717, 1.165) is 42.5 Å². The minimum Gasteiger partial charge on any atom is -0.508 e. The van der Waals surface area contributed by atoms with Crippen LogP contribution in [0.15, 0.2) is 84.2 Å². The van der Waals surface area contributed by atoms with Gasteiger partial charge in [-0.15, -0.1) is 0 Å². The number of hydrogen-bond donors (Lipinski definition) is 2. The Morgan fingerprint density at radius 2 is 1.75 bits per heavy atom. The molecule has 3 aromatic rings. The fraction of sp³-hybridized carbons (Fsp3) is 0.269. The third-order valence-corrected chi connectivity index (χ3v) is 6.54. The Balaban J connectivity index is 1.50. The van der Waals surface area contributed by atoms with Gasteiger partial charge in [0.15, 0.2) is 0 Å². The van der Waals surface area contributed by atoms with E-state index in [1.165, 1.54) is 5.01 Å². The summed E-state index contributed by atoms with van der Waals surface area (Å²) in [4.78, 5) is 17.9. The zero-order valence-corrected chi connectivity index (χ0v) is 17.8. The first-order chi connectivity index (χ1) is 15.7. The molecule has 2 aliphatic rings. The number of aromatic nitrogens is 1. The van der Waals surface area contributed by atoms with Crippen LogP contribution in [0, 0.1) is 0 Å². The summed E-state index contributed by atoms with van der Waals surface area (Å²) in [5.41, 5.74) is 3.07. The Kier molecular flexibility index (Phi) is 5.35. The minimum atomic E-state index is -0.395. The van der Waals surface area contributed by atoms with Crippen LogP contribution in [0.5, 0.6) is 5.75 Å². The summed E-state index contributed by atoms with van der Waals surface area (Å²) < 4.78 is 0. The summed E-state index contributed by atoms with van der Waals surface area (Å²) in [6, 6.07) is 20.5. The number of para-hydroxylation sites is 1. The molecule has 1 saturated carbocycles. The monoisotopic (exact) mass is 426 g/mol. The van der Waals surface area contributed by atoms with E-state index in [2.05, 4.69) is 22.4 Å². The first-order valence-electron chi connectivity index (χ1n) is 11.1. The molecule has 1 aromatic heterocycles. The van der Waals surface area contributed by atoms with Crippen molar-refractivity contribution in [2.24, 2.45) is 5.10 Å². The highest BCUT2D eigenvalue weighted by Crippen LogP contribution is 2.41. The van der Waals surface area contributed by atoms with Crippen molar-refractivity contribution in [2.75, 3.05) is 0 Å². The van der Waals surface area contributed by atoms with Crippen LogP contribution in [0.4, 0.5) is 4.79 Å². The molecule has 32 heavy (non-hydrogen) atoms. The predicted molar refractivity (Wildman–Crippen MR) is 123 cm³/mol. The number of amides is 2. The summed E-state index contributed by atoms with van der Waals surface area (Å²) >= 11 is 0. The van der Waals surface area contributed by atoms with Gasteiger partial charge in [-0.25, -0.2) is 9.80 Å². The summed E-state index contributed by atoms with van der Waals surface area (Å²) in [6.45, 7) is 0. The van der Waals surface area contributed by atoms with Crippen molar-refractivity contribution in [3.63, 3.8) is 0 Å². The van der Waals surface area contributed by atoms with Crippen LogP contribution < -0.4 is 5.32 Å². The molecule has 1 fully saturated rings. The highest BCUT2D eigenvalue weighted by Gasteiger charge is 2.41. The maximum Gasteiger partial charge on any atom is 0.339 e. The van der Waals surface area contributed by atoms with Gasteiger partial charge in [0.25, 0.3) is 0 Å². The number of hydrogen-bond acceptors (Lipinski definition) is 4. The van der Waals surface area contributed by atoms with E-state index < -0.39 is 5.54 Å². The normalized spacial score (nSPS) is 19.6. The van der Waals surface area contributed by atoms with Gasteiger partial charge in [-0.2, -0.15) is 5.10 Å². The largest absolute Gasteiger partial charge is 0.508 e. The lowest BCUT2D eigenvalue weighted by Crippen LogP contribution is -2.48. The van der Waals surface area contributed by atoms with E-state index in [1.54, 1.807) is 24.5 Å². The molecule has 1 aliphatic carbocycles. The number of nitrogens with one attached hydrogen (secondary N) is 1. The van der Waals surface area contributed by atoms with Crippen molar-refractivity contribution in [3.05, 3.63) is 95.8 Å². The first-order valence-corrected chi connectivity index (χ1v) is 11.1. The van der Waals surface area contributed by atoms with E-state index in [1.807, 2.05) is 42.5 Å². The lowest BCUT2D eigenvalue weighted by Gasteiger charge is -2.33. The van der Waals surface area contributed by atoms with Crippen LogP contribution in [0.2, 0.25) is 0 Å². The molecule has 5 rings (SSSR count). The van der Waals surface area contributed by atoms with E-state index in [4.69, 9.17) is 5.10 Å². The number of nitrogens with zero attached hydrogens (tertiary/aromatic N) is 3. The molecule has 6 heteroatoms. The average molecular weight is 427 g/mol. The Morgan fingerprint density at radius 3 is 2.47 bits per heavy atom. The Bertz CT molecular complexity index is 1120. The molecule has 1 unspecified atom stereocenters. The van der Waals surface area contributed by atoms with Crippen molar-refractivity contribution >= 4 is 11.7 Å². The SMILES string of the molecule is O=C(NC1(c2ccccc2)CCCC1)N1N=C(c2cccnc2)CC1c1ccccc1O. The molecule has 1 atom stereocenters. The predicted octanol–water partition coefficient (Wildman–Crippen LogP) is 5.12. The number of carbonyl (C=O) groups excluding carboxylic acids is 1. The third kappa shape index (κ3) is 3.73. The van der Waals surface area contributed by atoms with Crippen molar-refractivity contribution in [2.45, 2.75) is 43.7 Å². The number of phenolic OH excluding ortho intramolecular Hbond substituents is 1. The van der Waals surface area contributed by atoms with Crippen LogP contribution >= 0.6 is 0 Å². The van der Waals surface area contributed by atoms with E-state index in [0.29, 0.717) is 12.0 Å². The molecule has 2 amide bonds. The average Bonchev–Trinajstić information content (AvgIpc) is 3.49. The van der Waals surface area contributed by atoms with Crippen LogP contribution in [0.1, 0.15) is 54.8 Å². The van der Waals surface area contributed by atoms with Crippen molar-refractivity contribution < 1.29 is 9.90 Å². The fourth-order valence-electron chi connectivity index (χ4n) is 4.90. The molecule has 2 aromatic carbocycles. The van der Waals surface area contributed by atoms with Crippen molar-refractivity contribution in [1.29, 1.82) is 0 Å². The van der Waals surface area contributed by atoms with Crippen molar-refractivity contribution in [1.82, 2.24) is 15.3 Å². The van der Waals surface area contributed by atoms with E-state index in [-0.39, 0.29) is 17.8 Å². The van der Waals surface area contributed by atoms with Gasteiger partial charge in [-0.1, -0.05) is 67.4 Å². The second-order valence-electron chi connectivity index (χ2n) is 8.50. The molecule has 0 saturated heterocycles. The molecule has 0 bridgehead atoms. The molecule has 6 nitrogen and oxygen atoms in total. The van der Waals surface area contributed by atoms with Gasteiger partial charge in [0.1, 0.15) is 5.75 Å². The maximum atomic E-state index is 13.7. The zero-order chi connectivity index (χ0) is 22.0. The lowest BCUT2D eigenvalue weighted by molar-refractivity contribution is 0.170. The second-order valence-corrected chi connectivity index (χ2v) is 8.50. The molecule has 162 valence electrons. The summed E-state index contributed by atoms with van der Waals surface area (Å²) in [6.07, 6.45) is 7.92. The molecular formula is C26H26N4O2. The van der Waals surface area contributed by atoms with Crippen LogP contribution in [0.25, 0.3) is 0 Å². The van der Waals surface area contributed by atoms with E-state index >= 15 is 0 Å². The zero-order valence-electron chi connectivity index (χ0n) is 17.8. The first kappa shape index (κ1) is 20.2.